The molecule has 2 aromatic carbocycles. The molecule has 8 heteroatoms. The van der Waals surface area contributed by atoms with Crippen LogP contribution in [0.4, 0.5) is 20.2 Å². The number of alkyl halides is 2. The number of morpholine rings is 1. The fourth-order valence-electron chi connectivity index (χ4n) is 3.10. The first-order chi connectivity index (χ1) is 12.4. The molecule has 1 fully saturated rings. The van der Waals surface area contributed by atoms with Gasteiger partial charge in [-0.2, -0.15) is 8.78 Å². The molecule has 0 aromatic heterocycles. The fraction of sp³-hybridized carbons (Fsp3) is 0.333. The largest absolute Gasteiger partial charge is 0.427 e. The molecule has 1 heterocycles. The van der Waals surface area contributed by atoms with E-state index in [1.807, 2.05) is 42.2 Å². The lowest BCUT2D eigenvalue weighted by molar-refractivity contribution is -0.386. The van der Waals surface area contributed by atoms with Crippen molar-refractivity contribution in [1.82, 2.24) is 0 Å². The number of benzene rings is 2. The summed E-state index contributed by atoms with van der Waals surface area (Å²) < 4.78 is 35.5. The van der Waals surface area contributed by atoms with E-state index in [2.05, 4.69) is 4.74 Å². The standard InChI is InChI=1S/C18H18F2N2O4/c1-18(13-5-3-2-4-6-13)12-21(9-10-25-18)14-7-8-15(22(23)24)16(11-14)26-17(19)20/h2-8,11,17H,9-10,12H2,1H3. The third-order valence-electron chi connectivity index (χ3n) is 4.38. The average Bonchev–Trinajstić information content (AvgIpc) is 2.62. The Morgan fingerprint density at radius 3 is 2.65 bits per heavy atom. The lowest BCUT2D eigenvalue weighted by Gasteiger charge is -2.42. The third-order valence-corrected chi connectivity index (χ3v) is 4.38. The van der Waals surface area contributed by atoms with E-state index in [-0.39, 0.29) is 0 Å². The molecule has 138 valence electrons. The van der Waals surface area contributed by atoms with Crippen molar-refractivity contribution >= 4 is 11.4 Å². The van der Waals surface area contributed by atoms with Crippen LogP contribution in [0.15, 0.2) is 48.5 Å². The second kappa shape index (κ2) is 7.25. The van der Waals surface area contributed by atoms with Crippen molar-refractivity contribution < 1.29 is 23.2 Å². The lowest BCUT2D eigenvalue weighted by atomic mass is 9.93. The molecule has 26 heavy (non-hydrogen) atoms. The van der Waals surface area contributed by atoms with Gasteiger partial charge in [0.05, 0.1) is 18.1 Å². The molecule has 3 rings (SSSR count). The number of hydrogen-bond acceptors (Lipinski definition) is 5. The van der Waals surface area contributed by atoms with Crippen LogP contribution in [-0.2, 0) is 10.3 Å². The number of ether oxygens (including phenoxy) is 2. The summed E-state index contributed by atoms with van der Waals surface area (Å²) in [4.78, 5) is 12.2. The van der Waals surface area contributed by atoms with Gasteiger partial charge in [0.1, 0.15) is 5.60 Å². The Morgan fingerprint density at radius 1 is 1.27 bits per heavy atom. The molecule has 6 nitrogen and oxygen atoms in total. The minimum Gasteiger partial charge on any atom is -0.427 e. The maximum absolute atomic E-state index is 12.6. The summed E-state index contributed by atoms with van der Waals surface area (Å²) in [5.74, 6) is -0.449. The van der Waals surface area contributed by atoms with E-state index in [1.54, 1.807) is 0 Å². The molecular formula is C18H18F2N2O4. The van der Waals surface area contributed by atoms with Crippen molar-refractivity contribution in [3.8, 4) is 5.75 Å². The van der Waals surface area contributed by atoms with Gasteiger partial charge in [0.2, 0.25) is 5.75 Å². The van der Waals surface area contributed by atoms with Crippen molar-refractivity contribution in [2.45, 2.75) is 19.1 Å². The minimum atomic E-state index is -3.14. The van der Waals surface area contributed by atoms with Crippen molar-refractivity contribution in [2.24, 2.45) is 0 Å². The summed E-state index contributed by atoms with van der Waals surface area (Å²) in [6.45, 7) is 0.268. The number of hydrogen-bond donors (Lipinski definition) is 0. The van der Waals surface area contributed by atoms with Crippen molar-refractivity contribution in [2.75, 3.05) is 24.6 Å². The lowest BCUT2D eigenvalue weighted by Crippen LogP contribution is -2.48. The number of nitro groups is 1. The molecule has 0 N–H and O–H groups in total. The molecule has 0 bridgehead atoms. The van der Waals surface area contributed by atoms with Gasteiger partial charge in [-0.1, -0.05) is 30.3 Å². The van der Waals surface area contributed by atoms with E-state index in [0.717, 1.165) is 5.56 Å². The Balaban J connectivity index is 1.90. The number of halogens is 2. The second-order valence-corrected chi connectivity index (χ2v) is 6.15. The highest BCUT2D eigenvalue weighted by Gasteiger charge is 2.34. The summed E-state index contributed by atoms with van der Waals surface area (Å²) in [6.07, 6.45) is 0. The van der Waals surface area contributed by atoms with Gasteiger partial charge < -0.3 is 14.4 Å². The third kappa shape index (κ3) is 3.75. The van der Waals surface area contributed by atoms with E-state index in [9.17, 15) is 18.9 Å². The summed E-state index contributed by atoms with van der Waals surface area (Å²) >= 11 is 0. The van der Waals surface area contributed by atoms with Crippen LogP contribution < -0.4 is 9.64 Å². The highest BCUT2D eigenvalue weighted by atomic mass is 19.3. The van der Waals surface area contributed by atoms with E-state index < -0.39 is 28.6 Å². The molecule has 1 saturated heterocycles. The van der Waals surface area contributed by atoms with Crippen molar-refractivity contribution in [3.05, 3.63) is 64.2 Å². The fourth-order valence-corrected chi connectivity index (χ4v) is 3.10. The number of anilines is 1. The molecule has 0 aliphatic carbocycles. The first-order valence-electron chi connectivity index (χ1n) is 8.07. The molecule has 0 saturated carbocycles. The Kier molecular flexibility index (Phi) is 5.03. The SMILES string of the molecule is CC1(c2ccccc2)CN(c2ccc([N+](=O)[O-])c(OC(F)F)c2)CCO1. The van der Waals surface area contributed by atoms with Gasteiger partial charge in [0.15, 0.2) is 0 Å². The molecule has 1 aliphatic rings. The highest BCUT2D eigenvalue weighted by molar-refractivity contribution is 5.59. The predicted octanol–water partition coefficient (Wildman–Crippen LogP) is 3.95. The van der Waals surface area contributed by atoms with Gasteiger partial charge in [-0.3, -0.25) is 10.1 Å². The first kappa shape index (κ1) is 18.1. The van der Waals surface area contributed by atoms with Crippen molar-refractivity contribution in [1.29, 1.82) is 0 Å². The maximum atomic E-state index is 12.6. The van der Waals surface area contributed by atoms with Crippen molar-refractivity contribution in [3.63, 3.8) is 0 Å². The van der Waals surface area contributed by atoms with E-state index in [4.69, 9.17) is 4.74 Å². The van der Waals surface area contributed by atoms with Crippen LogP contribution in [0, 0.1) is 10.1 Å². The van der Waals surface area contributed by atoms with E-state index >= 15 is 0 Å². The highest BCUT2D eigenvalue weighted by Crippen LogP contribution is 2.36. The quantitative estimate of drug-likeness (QED) is 0.594. The topological polar surface area (TPSA) is 64.8 Å². The number of rotatable bonds is 5. The Hall–Kier alpha value is -2.74. The molecule has 1 atom stereocenters. The summed E-state index contributed by atoms with van der Waals surface area (Å²) in [5.41, 5.74) is 0.492. The number of nitrogens with zero attached hydrogens (tertiary/aromatic N) is 2. The number of nitro benzene ring substituents is 1. The smallest absolute Gasteiger partial charge is 0.387 e. The van der Waals surface area contributed by atoms with Crippen LogP contribution in [0.2, 0.25) is 0 Å². The Bertz CT molecular complexity index is 788. The van der Waals surface area contributed by atoms with Crippen LogP contribution in [0.5, 0.6) is 5.75 Å². The zero-order valence-electron chi connectivity index (χ0n) is 14.1. The van der Waals surface area contributed by atoms with Crippen LogP contribution in [0.25, 0.3) is 0 Å². The Morgan fingerprint density at radius 2 is 2.00 bits per heavy atom. The van der Waals surface area contributed by atoms with Gasteiger partial charge >= 0.3 is 12.3 Å². The molecule has 0 radical (unpaired) electrons. The van der Waals surface area contributed by atoms with Crippen LogP contribution >= 0.6 is 0 Å². The normalized spacial score (nSPS) is 20.2. The van der Waals surface area contributed by atoms with Gasteiger partial charge in [-0.25, -0.2) is 0 Å². The molecule has 0 amide bonds. The van der Waals surface area contributed by atoms with Gasteiger partial charge in [0, 0.05) is 24.4 Å². The van der Waals surface area contributed by atoms with Crippen LogP contribution in [-0.4, -0.2) is 31.2 Å². The summed E-state index contributed by atoms with van der Waals surface area (Å²) in [7, 11) is 0. The molecular weight excluding hydrogens is 346 g/mol. The van der Waals surface area contributed by atoms with Crippen LogP contribution in [0.3, 0.4) is 0 Å². The molecule has 1 aliphatic heterocycles. The monoisotopic (exact) mass is 364 g/mol. The predicted molar refractivity (Wildman–Crippen MR) is 91.7 cm³/mol. The summed E-state index contributed by atoms with van der Waals surface area (Å²) in [5, 5.41) is 11.0. The van der Waals surface area contributed by atoms with Gasteiger partial charge in [-0.15, -0.1) is 0 Å². The zero-order valence-corrected chi connectivity index (χ0v) is 14.1. The minimum absolute atomic E-state index is 0.438. The van der Waals surface area contributed by atoms with Crippen LogP contribution in [0.1, 0.15) is 12.5 Å². The molecule has 0 spiro atoms. The summed E-state index contributed by atoms with van der Waals surface area (Å²) in [6, 6.07) is 13.7. The molecule has 2 aromatic rings. The van der Waals surface area contributed by atoms with E-state index in [1.165, 1.54) is 18.2 Å². The molecule has 1 unspecified atom stereocenters. The second-order valence-electron chi connectivity index (χ2n) is 6.15. The Labute approximate surface area is 149 Å². The van der Waals surface area contributed by atoms with Gasteiger partial charge in [0.25, 0.3) is 0 Å². The van der Waals surface area contributed by atoms with Gasteiger partial charge in [-0.05, 0) is 18.6 Å². The first-order valence-corrected chi connectivity index (χ1v) is 8.07. The zero-order chi connectivity index (χ0) is 18.7. The maximum Gasteiger partial charge on any atom is 0.387 e. The average molecular weight is 364 g/mol. The van der Waals surface area contributed by atoms with E-state index in [0.29, 0.717) is 25.4 Å².